The number of hydrogen-bond acceptors (Lipinski definition) is 15. The molecule has 5 atom stereocenters. The molecule has 3 N–H and O–H groups in total. The van der Waals surface area contributed by atoms with E-state index in [1.54, 1.807) is 32.0 Å². The van der Waals surface area contributed by atoms with Gasteiger partial charge in [0.1, 0.15) is 29.5 Å². The largest absolute Gasteiger partial charge is 0.513 e. The number of para-hydroxylation sites is 2. The fourth-order valence-electron chi connectivity index (χ4n) is 7.52. The maximum Gasteiger partial charge on any atom is 0.513 e. The van der Waals surface area contributed by atoms with Crippen LogP contribution in [-0.2, 0) is 30.5 Å². The number of ether oxygens (including phenoxy) is 3. The third-order valence-electron chi connectivity index (χ3n) is 10.4. The van der Waals surface area contributed by atoms with Crippen LogP contribution in [0.4, 0.5) is 4.79 Å². The Hall–Kier alpha value is -7.16. The van der Waals surface area contributed by atoms with E-state index >= 15 is 0 Å². The number of carboxylic acids is 1. The molecule has 3 aromatic carbocycles. The highest BCUT2D eigenvalue weighted by molar-refractivity contribution is 8.01. The van der Waals surface area contributed by atoms with Crippen LogP contribution in [0.2, 0.25) is 0 Å². The van der Waals surface area contributed by atoms with Crippen molar-refractivity contribution >= 4 is 63.5 Å². The van der Waals surface area contributed by atoms with Crippen LogP contribution >= 0.6 is 11.8 Å². The highest BCUT2D eigenvalue weighted by Crippen LogP contribution is 2.50. The molecule has 2 aliphatic heterocycles. The van der Waals surface area contributed by atoms with Crippen LogP contribution in [-0.4, -0.2) is 85.4 Å². The molecule has 2 fully saturated rings. The highest BCUT2D eigenvalue weighted by Gasteiger charge is 2.64. The zero-order chi connectivity index (χ0) is 43.9. The summed E-state index contributed by atoms with van der Waals surface area (Å²) in [4.78, 5) is 121. The maximum absolute atomic E-state index is 14.5. The molecule has 3 amide bonds. The van der Waals surface area contributed by atoms with E-state index in [9.17, 15) is 48.3 Å². The van der Waals surface area contributed by atoms with Crippen LogP contribution in [0.1, 0.15) is 44.3 Å². The number of aromatic nitrogens is 2. The average Bonchev–Trinajstić information content (AvgIpc) is 3.49. The lowest BCUT2D eigenvalue weighted by atomic mass is 9.95. The molecule has 0 aliphatic carbocycles. The second-order valence-corrected chi connectivity index (χ2v) is 16.3. The Bertz CT molecular complexity index is 2850. The lowest BCUT2D eigenvalue weighted by Crippen LogP contribution is -2.71. The third-order valence-corrected chi connectivity index (χ3v) is 12.0. The van der Waals surface area contributed by atoms with Crippen LogP contribution < -0.4 is 42.7 Å². The van der Waals surface area contributed by atoms with Crippen LogP contribution in [0.25, 0.3) is 21.9 Å². The molecular formula is C40H37N5O15S. The summed E-state index contributed by atoms with van der Waals surface area (Å²) in [6, 6.07) is 10.6. The number of fused-ring (bicyclic) bond motifs is 3. The Morgan fingerprint density at radius 1 is 0.836 bits per heavy atom. The first-order chi connectivity index (χ1) is 29.1. The van der Waals surface area contributed by atoms with Crippen molar-refractivity contribution < 1.29 is 52.1 Å². The van der Waals surface area contributed by atoms with Gasteiger partial charge in [-0.25, -0.2) is 28.3 Å². The molecule has 4 heterocycles. The van der Waals surface area contributed by atoms with Crippen molar-refractivity contribution in [3.8, 4) is 11.5 Å². The molecule has 7 rings (SSSR count). The van der Waals surface area contributed by atoms with Crippen molar-refractivity contribution in [1.29, 1.82) is 0 Å². The van der Waals surface area contributed by atoms with Crippen LogP contribution in [0.5, 0.6) is 11.5 Å². The molecule has 21 heteroatoms. The van der Waals surface area contributed by atoms with Crippen LogP contribution in [0, 0.1) is 0 Å². The number of nitrogens with one attached hydrogen (secondary N) is 2. The Morgan fingerprint density at radius 2 is 1.48 bits per heavy atom. The van der Waals surface area contributed by atoms with Gasteiger partial charge in [-0.2, -0.15) is 0 Å². The van der Waals surface area contributed by atoms with Crippen molar-refractivity contribution in [3.63, 3.8) is 0 Å². The van der Waals surface area contributed by atoms with Gasteiger partial charge in [-0.05, 0) is 56.5 Å². The van der Waals surface area contributed by atoms with E-state index in [-0.39, 0.29) is 45.4 Å². The van der Waals surface area contributed by atoms with E-state index in [2.05, 4.69) is 15.4 Å². The third kappa shape index (κ3) is 7.62. The number of benzene rings is 3. The lowest BCUT2D eigenvalue weighted by molar-refractivity contribution is -0.161. The number of carbonyl (C=O) groups excluding carboxylic acids is 4. The first-order valence-corrected chi connectivity index (χ1v) is 19.5. The Labute approximate surface area is 347 Å². The van der Waals surface area contributed by atoms with Gasteiger partial charge >= 0.3 is 23.6 Å². The summed E-state index contributed by atoms with van der Waals surface area (Å²) in [6.45, 7) is 2.95. The van der Waals surface area contributed by atoms with E-state index in [1.165, 1.54) is 72.3 Å². The fraction of sp³-hybridized carbons (Fsp3) is 0.325. The van der Waals surface area contributed by atoms with Gasteiger partial charge < -0.3 is 43.7 Å². The highest BCUT2D eigenvalue weighted by atomic mass is 32.2. The number of carbonyl (C=O) groups is 5. The van der Waals surface area contributed by atoms with Gasteiger partial charge in [0.25, 0.3) is 11.1 Å². The first-order valence-electron chi connectivity index (χ1n) is 18.6. The quantitative estimate of drug-likeness (QED) is 0.0867. The minimum absolute atomic E-state index is 0.0609. The zero-order valence-corrected chi connectivity index (χ0v) is 33.6. The van der Waals surface area contributed by atoms with Gasteiger partial charge in [-0.15, -0.1) is 11.8 Å². The molecule has 2 aromatic heterocycles. The van der Waals surface area contributed by atoms with Gasteiger partial charge in [0.15, 0.2) is 22.7 Å². The predicted octanol–water partition coefficient (Wildman–Crippen LogP) is 1.89. The molecular weight excluding hydrogens is 823 g/mol. The van der Waals surface area contributed by atoms with E-state index < -0.39 is 99.7 Å². The molecule has 61 heavy (non-hydrogen) atoms. The topological polar surface area (TPSA) is 265 Å². The molecule has 0 spiro atoms. The fourth-order valence-corrected chi connectivity index (χ4v) is 9.14. The van der Waals surface area contributed by atoms with Crippen LogP contribution in [0.3, 0.4) is 0 Å². The molecule has 0 bridgehead atoms. The van der Waals surface area contributed by atoms with Crippen molar-refractivity contribution in [2.75, 3.05) is 14.2 Å². The van der Waals surface area contributed by atoms with Crippen LogP contribution in [0.15, 0.2) is 94.7 Å². The SMILES string of the molecule is COC(=O)Oc1cccc2c(=O)n(CCC[C@H](C(=O)NC(C(=O)NC3C(=O)N4C3SC(C)(C)C4C(=O)O)c3ccccc3)n3c(=O)oc4c(OC)cccc4c3=O)c(=O)oc12. The number of rotatable bonds is 13. The number of thioether (sulfide) groups is 1. The predicted molar refractivity (Wildman–Crippen MR) is 214 cm³/mol. The summed E-state index contributed by atoms with van der Waals surface area (Å²) in [6.07, 6.45) is -1.75. The summed E-state index contributed by atoms with van der Waals surface area (Å²) in [5.41, 5.74) is -2.08. The Morgan fingerprint density at radius 3 is 2.13 bits per heavy atom. The summed E-state index contributed by atoms with van der Waals surface area (Å²) in [5.74, 6) is -6.33. The standard InChI is InChI=1S/C40H37N5O15S/c1-40(2)29(36(51)52)45-34(50)26(35(45)61-40)42-31(47)25(19-11-6-5-7-12-19)41-30(46)22(44-33(49)21-14-8-16-23(56-3)27(21)60-38(44)54)15-10-18-43-32(48)20-13-9-17-24(58-39(55)57-4)28(20)59-37(43)53/h5-9,11-14,16-17,22,25-26,29,35H,10,15,18H2,1-4H3,(H,41,46)(H,42,47)(H,51,52)/t22-,25?,26?,29?,35?/m1/s1. The summed E-state index contributed by atoms with van der Waals surface area (Å²) >= 11 is 1.20. The molecule has 318 valence electrons. The van der Waals surface area contributed by atoms with Gasteiger partial charge in [-0.1, -0.05) is 42.5 Å². The van der Waals surface area contributed by atoms with Gasteiger partial charge in [-0.3, -0.25) is 24.0 Å². The van der Waals surface area contributed by atoms with Crippen molar-refractivity contribution in [3.05, 3.63) is 114 Å². The molecule has 4 unspecified atom stereocenters. The van der Waals surface area contributed by atoms with Crippen molar-refractivity contribution in [2.45, 2.75) is 67.5 Å². The number of carboxylic acid groups (broad SMARTS) is 1. The van der Waals surface area contributed by atoms with Gasteiger partial charge in [0.05, 0.1) is 25.0 Å². The maximum atomic E-state index is 14.5. The molecule has 2 saturated heterocycles. The summed E-state index contributed by atoms with van der Waals surface area (Å²) < 4.78 is 26.0. The average molecular weight is 860 g/mol. The molecule has 0 saturated carbocycles. The summed E-state index contributed by atoms with van der Waals surface area (Å²) in [7, 11) is 2.36. The number of methoxy groups -OCH3 is 2. The minimum Gasteiger partial charge on any atom is -0.493 e. The number of hydrogen-bond donors (Lipinski definition) is 3. The summed E-state index contributed by atoms with van der Waals surface area (Å²) in [5, 5.41) is 14.1. The smallest absolute Gasteiger partial charge is 0.493 e. The molecule has 20 nitrogen and oxygen atoms in total. The van der Waals surface area contributed by atoms with E-state index in [1.807, 2.05) is 0 Å². The second kappa shape index (κ2) is 16.5. The van der Waals surface area contributed by atoms with E-state index in [0.29, 0.717) is 9.13 Å². The molecule has 5 aromatic rings. The zero-order valence-electron chi connectivity index (χ0n) is 32.8. The normalized spacial score (nSPS) is 18.7. The lowest BCUT2D eigenvalue weighted by Gasteiger charge is -2.44. The minimum atomic E-state index is -1.73. The van der Waals surface area contributed by atoms with Crippen molar-refractivity contribution in [1.82, 2.24) is 24.7 Å². The Balaban J connectivity index is 1.22. The number of nitrogens with zero attached hydrogens (tertiary/aromatic N) is 3. The number of aliphatic carboxylic acids is 1. The van der Waals surface area contributed by atoms with Crippen molar-refractivity contribution in [2.24, 2.45) is 0 Å². The molecule has 0 radical (unpaired) electrons. The Kier molecular flexibility index (Phi) is 11.3. The first kappa shape index (κ1) is 42.0. The van der Waals surface area contributed by atoms with E-state index in [0.717, 1.165) is 7.11 Å². The second-order valence-electron chi connectivity index (χ2n) is 14.5. The molecule has 2 aliphatic rings. The number of amides is 3. The monoisotopic (exact) mass is 859 g/mol. The van der Waals surface area contributed by atoms with E-state index in [4.69, 9.17) is 18.3 Å². The number of β-lactam (4-membered cyclic amide) rings is 1. The van der Waals surface area contributed by atoms with Gasteiger partial charge in [0.2, 0.25) is 17.7 Å². The van der Waals surface area contributed by atoms with Gasteiger partial charge in [0, 0.05) is 11.3 Å².